The van der Waals surface area contributed by atoms with Crippen LogP contribution in [0.25, 0.3) is 0 Å². The summed E-state index contributed by atoms with van der Waals surface area (Å²) in [6.45, 7) is 5.64. The average Bonchev–Trinajstić information content (AvgIpc) is 2.31. The Bertz CT molecular complexity index is 193. The van der Waals surface area contributed by atoms with Crippen molar-refractivity contribution in [2.75, 3.05) is 0 Å². The second-order valence-corrected chi connectivity index (χ2v) is 2.32. The van der Waals surface area contributed by atoms with Crippen molar-refractivity contribution in [3.63, 3.8) is 0 Å². The van der Waals surface area contributed by atoms with Gasteiger partial charge >= 0.3 is 0 Å². The number of aryl methyl sites for hydroxylation is 2. The molecule has 0 aliphatic carbocycles. The van der Waals surface area contributed by atoms with Crippen LogP contribution >= 0.6 is 0 Å². The number of unbranched alkanes of at least 4 members (excludes halogenated alkanes) is 1. The Hall–Kier alpha value is -0.790. The van der Waals surface area contributed by atoms with Crippen LogP contribution in [0.2, 0.25) is 0 Å². The van der Waals surface area contributed by atoms with Gasteiger partial charge in [0.2, 0.25) is 0 Å². The van der Waals surface area contributed by atoms with E-state index in [1.54, 1.807) is 6.20 Å². The summed E-state index contributed by atoms with van der Waals surface area (Å²) in [5.74, 6) is 1.72. The Morgan fingerprint density at radius 1 is 1.70 bits per heavy atom. The number of aromatic nitrogens is 1. The molecule has 0 saturated heterocycles. The highest BCUT2D eigenvalue weighted by molar-refractivity contribution is 4.90. The molecule has 0 unspecified atom stereocenters. The molecule has 0 aliphatic rings. The van der Waals surface area contributed by atoms with Crippen LogP contribution in [0.1, 0.15) is 24.5 Å². The first-order chi connectivity index (χ1) is 4.83. The van der Waals surface area contributed by atoms with E-state index in [0.717, 1.165) is 30.9 Å². The van der Waals surface area contributed by atoms with Crippen LogP contribution in [0.15, 0.2) is 10.6 Å². The smallest absolute Gasteiger partial charge is 0.194 e. The van der Waals surface area contributed by atoms with E-state index in [9.17, 15) is 0 Å². The maximum absolute atomic E-state index is 5.25. The maximum Gasteiger partial charge on any atom is 0.194 e. The molecule has 1 radical (unpaired) electrons. The van der Waals surface area contributed by atoms with E-state index in [2.05, 4.69) is 11.9 Å². The molecule has 0 amide bonds. The van der Waals surface area contributed by atoms with Crippen molar-refractivity contribution in [1.29, 1.82) is 0 Å². The van der Waals surface area contributed by atoms with E-state index in [-0.39, 0.29) is 0 Å². The van der Waals surface area contributed by atoms with Crippen molar-refractivity contribution in [2.24, 2.45) is 0 Å². The fourth-order valence-electron chi connectivity index (χ4n) is 0.793. The lowest BCUT2D eigenvalue weighted by atomic mass is 10.2. The van der Waals surface area contributed by atoms with Crippen molar-refractivity contribution in [3.8, 4) is 0 Å². The normalized spacial score (nSPS) is 10.2. The third-order valence-electron chi connectivity index (χ3n) is 1.31. The molecule has 0 aliphatic heterocycles. The van der Waals surface area contributed by atoms with Gasteiger partial charge in [0.1, 0.15) is 5.76 Å². The van der Waals surface area contributed by atoms with E-state index < -0.39 is 0 Å². The van der Waals surface area contributed by atoms with E-state index in [1.807, 2.05) is 6.92 Å². The van der Waals surface area contributed by atoms with Crippen LogP contribution in [0.5, 0.6) is 0 Å². The Labute approximate surface area is 61.3 Å². The molecule has 55 valence electrons. The second-order valence-electron chi connectivity index (χ2n) is 2.32. The third kappa shape index (κ3) is 1.87. The van der Waals surface area contributed by atoms with Gasteiger partial charge in [-0.1, -0.05) is 13.3 Å². The molecule has 0 aromatic carbocycles. The van der Waals surface area contributed by atoms with Gasteiger partial charge in [0.25, 0.3) is 0 Å². The maximum atomic E-state index is 5.25. The highest BCUT2D eigenvalue weighted by Crippen LogP contribution is 2.04. The first-order valence-corrected chi connectivity index (χ1v) is 3.53. The highest BCUT2D eigenvalue weighted by Gasteiger charge is 1.97. The van der Waals surface area contributed by atoms with Crippen LogP contribution < -0.4 is 0 Å². The number of oxazole rings is 1. The minimum atomic E-state index is 0.834. The molecule has 0 fully saturated rings. The van der Waals surface area contributed by atoms with Crippen molar-refractivity contribution < 1.29 is 4.42 Å². The molecular weight excluding hydrogens is 126 g/mol. The van der Waals surface area contributed by atoms with Gasteiger partial charge in [-0.05, 0) is 13.3 Å². The summed E-state index contributed by atoms with van der Waals surface area (Å²) >= 11 is 0. The Morgan fingerprint density at radius 2 is 2.50 bits per heavy atom. The fourth-order valence-corrected chi connectivity index (χ4v) is 0.793. The van der Waals surface area contributed by atoms with Crippen molar-refractivity contribution in [1.82, 2.24) is 4.98 Å². The molecule has 1 aromatic rings. The monoisotopic (exact) mass is 138 g/mol. The third-order valence-corrected chi connectivity index (χ3v) is 1.31. The van der Waals surface area contributed by atoms with Gasteiger partial charge in [-0.15, -0.1) is 0 Å². The summed E-state index contributed by atoms with van der Waals surface area (Å²) < 4.78 is 5.25. The summed E-state index contributed by atoms with van der Waals surface area (Å²) in [7, 11) is 0. The van der Waals surface area contributed by atoms with Gasteiger partial charge in [0, 0.05) is 6.42 Å². The van der Waals surface area contributed by atoms with Gasteiger partial charge in [-0.3, -0.25) is 0 Å². The largest absolute Gasteiger partial charge is 0.446 e. The molecule has 1 aromatic heterocycles. The molecule has 0 atom stereocenters. The van der Waals surface area contributed by atoms with Crippen molar-refractivity contribution in [3.05, 3.63) is 24.8 Å². The van der Waals surface area contributed by atoms with Gasteiger partial charge in [-0.25, -0.2) is 4.98 Å². The number of rotatable bonds is 3. The molecule has 2 heteroatoms. The van der Waals surface area contributed by atoms with E-state index >= 15 is 0 Å². The molecule has 0 bridgehead atoms. The lowest BCUT2D eigenvalue weighted by Crippen LogP contribution is -1.82. The van der Waals surface area contributed by atoms with Crippen LogP contribution in [0.3, 0.4) is 0 Å². The van der Waals surface area contributed by atoms with Crippen molar-refractivity contribution in [2.45, 2.75) is 26.2 Å². The van der Waals surface area contributed by atoms with Crippen LogP contribution in [0, 0.1) is 13.8 Å². The summed E-state index contributed by atoms with van der Waals surface area (Å²) in [4.78, 5) is 4.06. The molecule has 0 saturated carbocycles. The Kier molecular flexibility index (Phi) is 2.49. The Morgan fingerprint density at radius 3 is 3.00 bits per heavy atom. The molecular formula is C8H12NO. The van der Waals surface area contributed by atoms with E-state index in [0.29, 0.717) is 0 Å². The Balaban J connectivity index is 2.42. The first-order valence-electron chi connectivity index (χ1n) is 3.53. The average molecular weight is 138 g/mol. The zero-order valence-electron chi connectivity index (χ0n) is 6.26. The standard InChI is InChI=1S/C8H12NO/c1-3-4-5-8-9-6-7(2)10-8/h6H,1,3-5H2,2H3. The molecule has 10 heavy (non-hydrogen) atoms. The summed E-state index contributed by atoms with van der Waals surface area (Å²) in [5, 5.41) is 0. The predicted molar refractivity (Wildman–Crippen MR) is 39.5 cm³/mol. The van der Waals surface area contributed by atoms with E-state index in [1.165, 1.54) is 0 Å². The molecule has 0 spiro atoms. The summed E-state index contributed by atoms with van der Waals surface area (Å²) in [6, 6.07) is 0. The van der Waals surface area contributed by atoms with Gasteiger partial charge < -0.3 is 4.42 Å². The number of hydrogen-bond acceptors (Lipinski definition) is 2. The molecule has 0 N–H and O–H groups in total. The number of nitrogens with zero attached hydrogens (tertiary/aromatic N) is 1. The van der Waals surface area contributed by atoms with E-state index in [4.69, 9.17) is 4.42 Å². The number of hydrogen-bond donors (Lipinski definition) is 0. The van der Waals surface area contributed by atoms with Crippen molar-refractivity contribution >= 4 is 0 Å². The fraction of sp³-hybridized carbons (Fsp3) is 0.500. The first kappa shape index (κ1) is 7.32. The van der Waals surface area contributed by atoms with Crippen LogP contribution in [-0.2, 0) is 6.42 Å². The zero-order chi connectivity index (χ0) is 7.40. The quantitative estimate of drug-likeness (QED) is 0.639. The molecule has 2 nitrogen and oxygen atoms in total. The summed E-state index contributed by atoms with van der Waals surface area (Å²) in [5.41, 5.74) is 0. The minimum Gasteiger partial charge on any atom is -0.446 e. The second kappa shape index (κ2) is 3.40. The topological polar surface area (TPSA) is 26.0 Å². The lowest BCUT2D eigenvalue weighted by molar-refractivity contribution is 0.465. The lowest BCUT2D eigenvalue weighted by Gasteiger charge is -1.89. The predicted octanol–water partition coefficient (Wildman–Crippen LogP) is 2.14. The zero-order valence-corrected chi connectivity index (χ0v) is 6.26. The molecule has 1 rings (SSSR count). The van der Waals surface area contributed by atoms with Gasteiger partial charge in [-0.2, -0.15) is 0 Å². The molecule has 1 heterocycles. The summed E-state index contributed by atoms with van der Waals surface area (Å²) in [6.07, 6.45) is 4.66. The van der Waals surface area contributed by atoms with Gasteiger partial charge in [0.05, 0.1) is 6.20 Å². The highest BCUT2D eigenvalue weighted by atomic mass is 16.3. The minimum absolute atomic E-state index is 0.834. The van der Waals surface area contributed by atoms with Crippen LogP contribution in [-0.4, -0.2) is 4.98 Å². The van der Waals surface area contributed by atoms with Gasteiger partial charge in [0.15, 0.2) is 5.89 Å². The van der Waals surface area contributed by atoms with Crippen LogP contribution in [0.4, 0.5) is 0 Å². The SMILES string of the molecule is [CH2]CCCc1ncc(C)o1.